The number of carbonyl (C=O) groups is 2. The summed E-state index contributed by atoms with van der Waals surface area (Å²) in [7, 11) is 0. The van der Waals surface area contributed by atoms with E-state index in [2.05, 4.69) is 22.1 Å². The van der Waals surface area contributed by atoms with E-state index in [1.165, 1.54) is 0 Å². The first-order chi connectivity index (χ1) is 15.3. The van der Waals surface area contributed by atoms with Crippen molar-refractivity contribution in [1.29, 1.82) is 0 Å². The molecule has 0 saturated heterocycles. The summed E-state index contributed by atoms with van der Waals surface area (Å²) in [6.07, 6.45) is 8.53. The Kier molecular flexibility index (Phi) is 9.28. The monoisotopic (exact) mass is 456 g/mol. The van der Waals surface area contributed by atoms with Crippen molar-refractivity contribution in [2.24, 2.45) is 5.73 Å². The highest BCUT2D eigenvalue weighted by molar-refractivity contribution is 6.30. The molecule has 1 aromatic carbocycles. The SMILES string of the molecule is C=C/C(=C\C/C=C\C)COc1ccc(Cl)cc1CC(=O)Nc1c(C(N)=O)n[nH]c1C(C)C. The maximum Gasteiger partial charge on any atom is 0.271 e. The number of nitrogens with two attached hydrogens (primary N) is 1. The van der Waals surface area contributed by atoms with Crippen LogP contribution in [0.5, 0.6) is 5.75 Å². The van der Waals surface area contributed by atoms with Gasteiger partial charge in [0.25, 0.3) is 5.91 Å². The Labute approximate surface area is 193 Å². The van der Waals surface area contributed by atoms with Crippen LogP contribution in [-0.2, 0) is 11.2 Å². The maximum atomic E-state index is 12.8. The van der Waals surface area contributed by atoms with Gasteiger partial charge in [-0.2, -0.15) is 5.10 Å². The number of aromatic amines is 1. The van der Waals surface area contributed by atoms with Crippen molar-refractivity contribution >= 4 is 29.1 Å². The minimum atomic E-state index is -0.725. The summed E-state index contributed by atoms with van der Waals surface area (Å²) in [5.74, 6) is -0.537. The number of hydrogen-bond donors (Lipinski definition) is 3. The second-order valence-electron chi connectivity index (χ2n) is 7.43. The van der Waals surface area contributed by atoms with Crippen molar-refractivity contribution in [2.45, 2.75) is 39.5 Å². The molecule has 0 aliphatic carbocycles. The van der Waals surface area contributed by atoms with Crippen molar-refractivity contribution in [1.82, 2.24) is 10.2 Å². The van der Waals surface area contributed by atoms with E-state index in [4.69, 9.17) is 22.1 Å². The van der Waals surface area contributed by atoms with E-state index < -0.39 is 5.91 Å². The number of H-pyrrole nitrogens is 1. The van der Waals surface area contributed by atoms with E-state index >= 15 is 0 Å². The lowest BCUT2D eigenvalue weighted by molar-refractivity contribution is -0.115. The highest BCUT2D eigenvalue weighted by Crippen LogP contribution is 2.27. The van der Waals surface area contributed by atoms with Crippen molar-refractivity contribution in [3.8, 4) is 5.75 Å². The number of carbonyl (C=O) groups excluding carboxylic acids is 2. The molecule has 0 aliphatic heterocycles. The summed E-state index contributed by atoms with van der Waals surface area (Å²) >= 11 is 6.15. The number of anilines is 1. The van der Waals surface area contributed by atoms with E-state index in [9.17, 15) is 9.59 Å². The number of benzene rings is 1. The molecule has 0 fully saturated rings. The molecular formula is C24H29ClN4O3. The lowest BCUT2D eigenvalue weighted by Gasteiger charge is -2.14. The van der Waals surface area contributed by atoms with Crippen LogP contribution >= 0.6 is 11.6 Å². The van der Waals surface area contributed by atoms with E-state index in [0.29, 0.717) is 34.3 Å². The molecule has 2 aromatic rings. The largest absolute Gasteiger partial charge is 0.489 e. The summed E-state index contributed by atoms with van der Waals surface area (Å²) in [6, 6.07) is 5.11. The molecule has 0 bridgehead atoms. The molecular weight excluding hydrogens is 428 g/mol. The van der Waals surface area contributed by atoms with Crippen molar-refractivity contribution < 1.29 is 14.3 Å². The summed E-state index contributed by atoms with van der Waals surface area (Å²) in [5.41, 5.74) is 7.85. The fourth-order valence-corrected chi connectivity index (χ4v) is 3.17. The van der Waals surface area contributed by atoms with Gasteiger partial charge in [0, 0.05) is 10.6 Å². The van der Waals surface area contributed by atoms with Crippen LogP contribution in [0.3, 0.4) is 0 Å². The number of nitrogens with zero attached hydrogens (tertiary/aromatic N) is 1. The molecule has 1 aromatic heterocycles. The van der Waals surface area contributed by atoms with E-state index in [1.807, 2.05) is 39.0 Å². The molecule has 2 amide bonds. The molecule has 7 nitrogen and oxygen atoms in total. The summed E-state index contributed by atoms with van der Waals surface area (Å²) in [4.78, 5) is 24.5. The molecule has 2 rings (SSSR count). The Bertz CT molecular complexity index is 1040. The predicted octanol–water partition coefficient (Wildman–Crippen LogP) is 4.92. The van der Waals surface area contributed by atoms with Gasteiger partial charge in [-0.05, 0) is 43.0 Å². The Morgan fingerprint density at radius 1 is 1.38 bits per heavy atom. The van der Waals surface area contributed by atoms with Gasteiger partial charge in [0.1, 0.15) is 12.4 Å². The van der Waals surface area contributed by atoms with Gasteiger partial charge in [-0.15, -0.1) is 0 Å². The fourth-order valence-electron chi connectivity index (χ4n) is 2.98. The zero-order valence-corrected chi connectivity index (χ0v) is 19.3. The van der Waals surface area contributed by atoms with E-state index in [1.54, 1.807) is 24.3 Å². The molecule has 0 spiro atoms. The number of nitrogens with one attached hydrogen (secondary N) is 2. The van der Waals surface area contributed by atoms with Crippen LogP contribution < -0.4 is 15.8 Å². The maximum absolute atomic E-state index is 12.8. The highest BCUT2D eigenvalue weighted by Gasteiger charge is 2.22. The van der Waals surface area contributed by atoms with Crippen LogP contribution in [0.4, 0.5) is 5.69 Å². The Hall–Kier alpha value is -3.32. The minimum absolute atomic E-state index is 0.00243. The lowest BCUT2D eigenvalue weighted by atomic mass is 10.1. The van der Waals surface area contributed by atoms with Gasteiger partial charge >= 0.3 is 0 Å². The molecule has 1 heterocycles. The second-order valence-corrected chi connectivity index (χ2v) is 7.87. The zero-order chi connectivity index (χ0) is 23.7. The normalized spacial score (nSPS) is 11.7. The number of allylic oxidation sites excluding steroid dienone is 3. The third-order valence-corrected chi connectivity index (χ3v) is 4.89. The second kappa shape index (κ2) is 11.9. The molecule has 0 radical (unpaired) electrons. The number of rotatable bonds is 11. The summed E-state index contributed by atoms with van der Waals surface area (Å²) in [6.45, 7) is 9.92. The highest BCUT2D eigenvalue weighted by atomic mass is 35.5. The first-order valence-electron chi connectivity index (χ1n) is 10.3. The molecule has 32 heavy (non-hydrogen) atoms. The number of amides is 2. The molecule has 170 valence electrons. The number of hydrogen-bond acceptors (Lipinski definition) is 4. The van der Waals surface area contributed by atoms with Crippen molar-refractivity contribution in [2.75, 3.05) is 11.9 Å². The lowest BCUT2D eigenvalue weighted by Crippen LogP contribution is -2.20. The van der Waals surface area contributed by atoms with Crippen LogP contribution in [0.15, 0.2) is 54.7 Å². The van der Waals surface area contributed by atoms with Gasteiger partial charge < -0.3 is 15.8 Å². The van der Waals surface area contributed by atoms with Crippen molar-refractivity contribution in [3.63, 3.8) is 0 Å². The number of ether oxygens (including phenoxy) is 1. The quantitative estimate of drug-likeness (QED) is 0.329. The van der Waals surface area contributed by atoms with Crippen LogP contribution in [0.1, 0.15) is 54.9 Å². The van der Waals surface area contributed by atoms with Gasteiger partial charge in [0.2, 0.25) is 5.91 Å². The van der Waals surface area contributed by atoms with Crippen LogP contribution in [0, 0.1) is 0 Å². The van der Waals surface area contributed by atoms with Gasteiger partial charge in [-0.1, -0.05) is 56.3 Å². The number of aromatic nitrogens is 2. The molecule has 4 N–H and O–H groups in total. The average Bonchev–Trinajstić information content (AvgIpc) is 3.15. The smallest absolute Gasteiger partial charge is 0.271 e. The average molecular weight is 457 g/mol. The first-order valence-corrected chi connectivity index (χ1v) is 10.7. The van der Waals surface area contributed by atoms with Gasteiger partial charge in [0.15, 0.2) is 5.69 Å². The number of primary amides is 1. The molecule has 0 unspecified atom stereocenters. The Morgan fingerprint density at radius 2 is 2.12 bits per heavy atom. The summed E-state index contributed by atoms with van der Waals surface area (Å²) in [5, 5.41) is 9.95. The number of halogens is 1. The minimum Gasteiger partial charge on any atom is -0.489 e. The molecule has 8 heteroatoms. The van der Waals surface area contributed by atoms with Gasteiger partial charge in [0.05, 0.1) is 17.8 Å². The molecule has 0 saturated carbocycles. The van der Waals surface area contributed by atoms with Gasteiger partial charge in [-0.25, -0.2) is 0 Å². The van der Waals surface area contributed by atoms with Crippen LogP contribution in [-0.4, -0.2) is 28.6 Å². The third kappa shape index (κ3) is 6.85. The fraction of sp³-hybridized carbons (Fsp3) is 0.292. The summed E-state index contributed by atoms with van der Waals surface area (Å²) < 4.78 is 5.94. The third-order valence-electron chi connectivity index (χ3n) is 4.65. The Morgan fingerprint density at radius 3 is 2.75 bits per heavy atom. The van der Waals surface area contributed by atoms with Crippen LogP contribution in [0.2, 0.25) is 5.02 Å². The topological polar surface area (TPSA) is 110 Å². The molecule has 0 aliphatic rings. The van der Waals surface area contributed by atoms with Crippen LogP contribution in [0.25, 0.3) is 0 Å². The van der Waals surface area contributed by atoms with Crippen molar-refractivity contribution in [3.05, 3.63) is 76.6 Å². The predicted molar refractivity (Wildman–Crippen MR) is 128 cm³/mol. The Balaban J connectivity index is 2.19. The van der Waals surface area contributed by atoms with E-state index in [0.717, 1.165) is 12.0 Å². The van der Waals surface area contributed by atoms with Gasteiger partial charge in [-0.3, -0.25) is 14.7 Å². The first kappa shape index (κ1) is 24.9. The zero-order valence-electron chi connectivity index (χ0n) is 18.6. The standard InChI is InChI=1S/C24H29ClN4O3/c1-5-7-8-9-16(6-2)14-32-19-11-10-18(25)12-17(19)13-20(30)27-22-21(15(3)4)28-29-23(22)24(26)31/h5-7,9-12,15H,2,8,13-14H2,1,3-4H3,(H2,26,31)(H,27,30)(H,28,29)/b7-5-,16-9+. The van der Waals surface area contributed by atoms with E-state index in [-0.39, 0.29) is 23.9 Å². The molecule has 0 atom stereocenters.